The highest BCUT2D eigenvalue weighted by atomic mass is 32.1. The van der Waals surface area contributed by atoms with E-state index in [4.69, 9.17) is 4.74 Å². The number of carbonyl (C=O) groups is 2. The number of thiophene rings is 1. The normalized spacial score (nSPS) is 20.9. The summed E-state index contributed by atoms with van der Waals surface area (Å²) in [6, 6.07) is 9.20. The lowest BCUT2D eigenvalue weighted by Crippen LogP contribution is -2.32. The molecule has 0 bridgehead atoms. The molecule has 0 radical (unpaired) electrons. The maximum Gasteiger partial charge on any atom is 0.265 e. The van der Waals surface area contributed by atoms with Gasteiger partial charge in [-0.2, -0.15) is 0 Å². The third-order valence-electron chi connectivity index (χ3n) is 5.92. The Hall–Kier alpha value is -2.18. The van der Waals surface area contributed by atoms with Crippen molar-refractivity contribution in [1.82, 2.24) is 5.32 Å². The van der Waals surface area contributed by atoms with Gasteiger partial charge in [-0.05, 0) is 61.8 Å². The van der Waals surface area contributed by atoms with Crippen LogP contribution in [0.5, 0.6) is 0 Å². The van der Waals surface area contributed by atoms with Crippen LogP contribution >= 0.6 is 11.3 Å². The Bertz CT molecular complexity index is 886. The molecule has 154 valence electrons. The summed E-state index contributed by atoms with van der Waals surface area (Å²) in [5.41, 5.74) is 2.34. The summed E-state index contributed by atoms with van der Waals surface area (Å²) in [6.07, 6.45) is 6.62. The molecule has 4 rings (SSSR count). The molecule has 0 unspecified atom stereocenters. The smallest absolute Gasteiger partial charge is 0.265 e. The summed E-state index contributed by atoms with van der Waals surface area (Å²) in [5, 5.41) is 5.88. The highest BCUT2D eigenvalue weighted by molar-refractivity contribution is 7.14. The van der Waals surface area contributed by atoms with Crippen molar-refractivity contribution in [1.29, 1.82) is 0 Å². The molecule has 1 aromatic heterocycles. The van der Waals surface area contributed by atoms with Gasteiger partial charge in [0.2, 0.25) is 0 Å². The number of para-hydroxylation sites is 1. The SMILES string of the molecule is CC[C@@H]1CCc2sc(C(=O)Nc3ccccc3C(=O)NC[C@@H]3CCCO3)cc2C1. The zero-order chi connectivity index (χ0) is 20.2. The van der Waals surface area contributed by atoms with Gasteiger partial charge in [-0.25, -0.2) is 0 Å². The minimum absolute atomic E-state index is 0.0880. The first-order chi connectivity index (χ1) is 14.1. The molecule has 1 saturated heterocycles. The molecule has 2 heterocycles. The van der Waals surface area contributed by atoms with Gasteiger partial charge in [-0.15, -0.1) is 11.3 Å². The van der Waals surface area contributed by atoms with Crippen LogP contribution in [-0.2, 0) is 17.6 Å². The zero-order valence-electron chi connectivity index (χ0n) is 16.8. The molecule has 1 aromatic carbocycles. The number of benzene rings is 1. The lowest BCUT2D eigenvalue weighted by Gasteiger charge is -2.19. The molecular weight excluding hydrogens is 384 g/mol. The van der Waals surface area contributed by atoms with Crippen molar-refractivity contribution in [2.45, 2.75) is 51.6 Å². The first-order valence-electron chi connectivity index (χ1n) is 10.6. The third kappa shape index (κ3) is 4.70. The van der Waals surface area contributed by atoms with Crippen LogP contribution < -0.4 is 10.6 Å². The highest BCUT2D eigenvalue weighted by Gasteiger charge is 2.23. The monoisotopic (exact) mass is 412 g/mol. The topological polar surface area (TPSA) is 67.4 Å². The number of ether oxygens (including phenoxy) is 1. The summed E-state index contributed by atoms with van der Waals surface area (Å²) in [7, 11) is 0. The second kappa shape index (κ2) is 9.09. The Morgan fingerprint density at radius 3 is 2.86 bits per heavy atom. The van der Waals surface area contributed by atoms with Crippen LogP contribution in [0.3, 0.4) is 0 Å². The molecular formula is C23H28N2O3S. The van der Waals surface area contributed by atoms with Gasteiger partial charge in [-0.3, -0.25) is 9.59 Å². The maximum absolute atomic E-state index is 12.9. The molecule has 1 aliphatic heterocycles. The lowest BCUT2D eigenvalue weighted by atomic mass is 9.87. The fourth-order valence-corrected chi connectivity index (χ4v) is 5.24. The molecule has 2 aliphatic rings. The van der Waals surface area contributed by atoms with Crippen LogP contribution in [-0.4, -0.2) is 31.1 Å². The molecule has 2 amide bonds. The van der Waals surface area contributed by atoms with Gasteiger partial charge in [0.15, 0.2) is 0 Å². The molecule has 1 aliphatic carbocycles. The lowest BCUT2D eigenvalue weighted by molar-refractivity contribution is 0.0858. The van der Waals surface area contributed by atoms with E-state index in [1.165, 1.54) is 23.3 Å². The van der Waals surface area contributed by atoms with Gasteiger partial charge in [-0.1, -0.05) is 25.5 Å². The minimum Gasteiger partial charge on any atom is -0.376 e. The minimum atomic E-state index is -0.187. The number of carbonyl (C=O) groups excluding carboxylic acids is 2. The van der Waals surface area contributed by atoms with E-state index < -0.39 is 0 Å². The Kier molecular flexibility index (Phi) is 6.31. The second-order valence-corrected chi connectivity index (χ2v) is 9.06. The number of nitrogens with one attached hydrogen (secondary N) is 2. The summed E-state index contributed by atoms with van der Waals surface area (Å²) in [5.74, 6) is 0.394. The number of anilines is 1. The predicted octanol–water partition coefficient (Wildman–Crippen LogP) is 4.42. The zero-order valence-corrected chi connectivity index (χ0v) is 17.6. The average molecular weight is 413 g/mol. The summed E-state index contributed by atoms with van der Waals surface area (Å²) < 4.78 is 5.56. The molecule has 2 aromatic rings. The van der Waals surface area contributed by atoms with E-state index in [0.29, 0.717) is 17.8 Å². The standard InChI is InChI=1S/C23H28N2O3S/c1-2-15-9-10-20-16(12-15)13-21(29-20)23(27)25-19-8-4-3-7-18(19)22(26)24-14-17-6-5-11-28-17/h3-4,7-8,13,15,17H,2,5-6,9-12,14H2,1H3,(H,24,26)(H,25,27)/t15-,17+/m1/s1. The van der Waals surface area contributed by atoms with Crippen LogP contribution in [0.4, 0.5) is 5.69 Å². The molecule has 0 spiro atoms. The fourth-order valence-electron chi connectivity index (χ4n) is 4.14. The van der Waals surface area contributed by atoms with Crippen LogP contribution in [0.2, 0.25) is 0 Å². The van der Waals surface area contributed by atoms with Crippen molar-refractivity contribution in [2.24, 2.45) is 5.92 Å². The summed E-state index contributed by atoms with van der Waals surface area (Å²) in [6.45, 7) is 3.49. The van der Waals surface area contributed by atoms with Crippen LogP contribution in [0, 0.1) is 5.92 Å². The van der Waals surface area contributed by atoms with Crippen LogP contribution in [0.1, 0.15) is 63.1 Å². The van der Waals surface area contributed by atoms with E-state index in [0.717, 1.165) is 43.1 Å². The predicted molar refractivity (Wildman–Crippen MR) is 116 cm³/mol. The Labute approximate surface area is 175 Å². The van der Waals surface area contributed by atoms with Gasteiger partial charge >= 0.3 is 0 Å². The molecule has 1 fully saturated rings. The van der Waals surface area contributed by atoms with E-state index in [1.807, 2.05) is 18.2 Å². The van der Waals surface area contributed by atoms with Gasteiger partial charge < -0.3 is 15.4 Å². The molecule has 6 heteroatoms. The van der Waals surface area contributed by atoms with E-state index in [9.17, 15) is 9.59 Å². The Morgan fingerprint density at radius 2 is 2.07 bits per heavy atom. The van der Waals surface area contributed by atoms with E-state index in [-0.39, 0.29) is 17.9 Å². The molecule has 2 N–H and O–H groups in total. The largest absolute Gasteiger partial charge is 0.376 e. The first kappa shape index (κ1) is 20.1. The van der Waals surface area contributed by atoms with Crippen LogP contribution in [0.25, 0.3) is 0 Å². The number of fused-ring (bicyclic) bond motifs is 1. The highest BCUT2D eigenvalue weighted by Crippen LogP contribution is 2.34. The van der Waals surface area contributed by atoms with E-state index >= 15 is 0 Å². The third-order valence-corrected chi connectivity index (χ3v) is 7.16. The number of amides is 2. The van der Waals surface area contributed by atoms with Gasteiger partial charge in [0.1, 0.15) is 0 Å². The Balaban J connectivity index is 1.43. The second-order valence-electron chi connectivity index (χ2n) is 7.92. The summed E-state index contributed by atoms with van der Waals surface area (Å²) >= 11 is 1.59. The molecule has 5 nitrogen and oxygen atoms in total. The maximum atomic E-state index is 12.9. The van der Waals surface area contributed by atoms with Crippen molar-refractivity contribution in [3.8, 4) is 0 Å². The van der Waals surface area contributed by atoms with Crippen molar-refractivity contribution < 1.29 is 14.3 Å². The number of aryl methyl sites for hydroxylation is 1. The number of rotatable bonds is 6. The van der Waals surface area contributed by atoms with E-state index in [2.05, 4.69) is 17.6 Å². The first-order valence-corrected chi connectivity index (χ1v) is 11.4. The summed E-state index contributed by atoms with van der Waals surface area (Å²) in [4.78, 5) is 27.6. The van der Waals surface area contributed by atoms with E-state index in [1.54, 1.807) is 23.5 Å². The number of hydrogen-bond donors (Lipinski definition) is 2. The van der Waals surface area contributed by atoms with Crippen molar-refractivity contribution >= 4 is 28.8 Å². The van der Waals surface area contributed by atoms with Crippen molar-refractivity contribution in [3.05, 3.63) is 51.2 Å². The van der Waals surface area contributed by atoms with Crippen LogP contribution in [0.15, 0.2) is 30.3 Å². The fraction of sp³-hybridized carbons (Fsp3) is 0.478. The van der Waals surface area contributed by atoms with Crippen molar-refractivity contribution in [3.63, 3.8) is 0 Å². The quantitative estimate of drug-likeness (QED) is 0.738. The van der Waals surface area contributed by atoms with Gasteiger partial charge in [0.05, 0.1) is 22.2 Å². The van der Waals surface area contributed by atoms with Crippen molar-refractivity contribution in [2.75, 3.05) is 18.5 Å². The van der Waals surface area contributed by atoms with Gasteiger partial charge in [0, 0.05) is 18.0 Å². The number of hydrogen-bond acceptors (Lipinski definition) is 4. The molecule has 2 atom stereocenters. The molecule has 0 saturated carbocycles. The molecule has 29 heavy (non-hydrogen) atoms. The average Bonchev–Trinajstić information content (AvgIpc) is 3.41. The Morgan fingerprint density at radius 1 is 1.21 bits per heavy atom. The van der Waals surface area contributed by atoms with Gasteiger partial charge in [0.25, 0.3) is 11.8 Å².